The Morgan fingerprint density at radius 3 is 2.38 bits per heavy atom. The standard InChI is InChI=1S/C18H26N2O/c1-13(2)20-10-8-18(9-11-20)16(12-19-17(18)21)15-6-4-14(3)5-7-15/h4-7,13,16H,8-12H2,1-3H3,(H,19,21). The summed E-state index contributed by atoms with van der Waals surface area (Å²) in [6, 6.07) is 9.31. The molecule has 2 heterocycles. The molecular weight excluding hydrogens is 260 g/mol. The van der Waals surface area contributed by atoms with Gasteiger partial charge < -0.3 is 10.2 Å². The topological polar surface area (TPSA) is 32.3 Å². The van der Waals surface area contributed by atoms with Crippen LogP contribution in [0, 0.1) is 12.3 Å². The lowest BCUT2D eigenvalue weighted by atomic mass is 9.67. The van der Waals surface area contributed by atoms with E-state index in [0.717, 1.165) is 32.5 Å². The van der Waals surface area contributed by atoms with Gasteiger partial charge in [0.05, 0.1) is 5.41 Å². The van der Waals surface area contributed by atoms with E-state index in [1.165, 1.54) is 11.1 Å². The molecule has 1 atom stereocenters. The maximum atomic E-state index is 12.5. The number of piperidine rings is 1. The number of benzene rings is 1. The second-order valence-electron chi connectivity index (χ2n) is 6.96. The van der Waals surface area contributed by atoms with E-state index in [9.17, 15) is 4.79 Å². The highest BCUT2D eigenvalue weighted by Crippen LogP contribution is 2.47. The van der Waals surface area contributed by atoms with E-state index in [1.54, 1.807) is 0 Å². The fourth-order valence-electron chi connectivity index (χ4n) is 3.98. The van der Waals surface area contributed by atoms with Crippen LogP contribution in [-0.4, -0.2) is 36.5 Å². The zero-order valence-corrected chi connectivity index (χ0v) is 13.4. The van der Waals surface area contributed by atoms with E-state index in [-0.39, 0.29) is 11.3 Å². The summed E-state index contributed by atoms with van der Waals surface area (Å²) in [7, 11) is 0. The van der Waals surface area contributed by atoms with E-state index in [4.69, 9.17) is 0 Å². The highest BCUT2D eigenvalue weighted by atomic mass is 16.2. The Balaban J connectivity index is 1.85. The van der Waals surface area contributed by atoms with Crippen LogP contribution in [0.2, 0.25) is 0 Å². The van der Waals surface area contributed by atoms with E-state index in [0.29, 0.717) is 12.0 Å². The fourth-order valence-corrected chi connectivity index (χ4v) is 3.98. The summed E-state index contributed by atoms with van der Waals surface area (Å²) in [4.78, 5) is 15.0. The van der Waals surface area contributed by atoms with Crippen molar-refractivity contribution in [1.29, 1.82) is 0 Å². The second kappa shape index (κ2) is 5.45. The first kappa shape index (κ1) is 14.6. The number of rotatable bonds is 2. The Morgan fingerprint density at radius 1 is 1.19 bits per heavy atom. The lowest BCUT2D eigenvalue weighted by molar-refractivity contribution is -0.131. The number of aryl methyl sites for hydroxylation is 1. The van der Waals surface area contributed by atoms with Crippen LogP contribution < -0.4 is 5.32 Å². The van der Waals surface area contributed by atoms with Crippen molar-refractivity contribution in [2.45, 2.75) is 45.6 Å². The zero-order chi connectivity index (χ0) is 15.0. The van der Waals surface area contributed by atoms with Gasteiger partial charge in [0.1, 0.15) is 0 Å². The molecule has 1 unspecified atom stereocenters. The van der Waals surface area contributed by atoms with Crippen molar-refractivity contribution < 1.29 is 4.79 Å². The van der Waals surface area contributed by atoms with Crippen LogP contribution in [0.15, 0.2) is 24.3 Å². The number of amides is 1. The molecule has 0 radical (unpaired) electrons. The Labute approximate surface area is 127 Å². The Morgan fingerprint density at radius 2 is 1.81 bits per heavy atom. The summed E-state index contributed by atoms with van der Waals surface area (Å²) in [5.74, 6) is 0.608. The molecule has 1 aromatic rings. The zero-order valence-electron chi connectivity index (χ0n) is 13.4. The molecule has 3 nitrogen and oxygen atoms in total. The maximum Gasteiger partial charge on any atom is 0.227 e. The highest BCUT2D eigenvalue weighted by molar-refractivity contribution is 5.86. The van der Waals surface area contributed by atoms with Gasteiger partial charge in [-0.2, -0.15) is 0 Å². The molecule has 0 aromatic heterocycles. The number of nitrogens with one attached hydrogen (secondary N) is 1. The highest BCUT2D eigenvalue weighted by Gasteiger charge is 2.51. The third-order valence-corrected chi connectivity index (χ3v) is 5.49. The number of likely N-dealkylation sites (tertiary alicyclic amines) is 1. The number of carbonyl (C=O) groups is 1. The molecule has 1 spiro atoms. The number of carbonyl (C=O) groups excluding carboxylic acids is 1. The second-order valence-corrected chi connectivity index (χ2v) is 6.96. The lowest BCUT2D eigenvalue weighted by Crippen LogP contribution is -2.48. The van der Waals surface area contributed by atoms with E-state index in [1.807, 2.05) is 0 Å². The summed E-state index contributed by atoms with van der Waals surface area (Å²) >= 11 is 0. The lowest BCUT2D eigenvalue weighted by Gasteiger charge is -2.42. The predicted octanol–water partition coefficient (Wildman–Crippen LogP) is 2.70. The van der Waals surface area contributed by atoms with Crippen LogP contribution in [0.5, 0.6) is 0 Å². The van der Waals surface area contributed by atoms with Crippen molar-refractivity contribution in [2.24, 2.45) is 5.41 Å². The van der Waals surface area contributed by atoms with Gasteiger partial charge in [-0.1, -0.05) is 29.8 Å². The third-order valence-electron chi connectivity index (χ3n) is 5.49. The molecular formula is C18H26N2O. The molecule has 0 bridgehead atoms. The molecule has 2 fully saturated rings. The van der Waals surface area contributed by atoms with Crippen LogP contribution in [0.4, 0.5) is 0 Å². The summed E-state index contributed by atoms with van der Waals surface area (Å²) in [5.41, 5.74) is 2.41. The Bertz CT molecular complexity index is 513. The summed E-state index contributed by atoms with van der Waals surface area (Å²) in [6.07, 6.45) is 1.96. The van der Waals surface area contributed by atoms with Gasteiger partial charge in [0.2, 0.25) is 5.91 Å². The van der Waals surface area contributed by atoms with Crippen molar-refractivity contribution >= 4 is 5.91 Å². The Kier molecular flexibility index (Phi) is 3.78. The monoisotopic (exact) mass is 286 g/mol. The van der Waals surface area contributed by atoms with Crippen molar-refractivity contribution in [3.05, 3.63) is 35.4 Å². The minimum atomic E-state index is -0.180. The normalized spacial score (nSPS) is 25.5. The largest absolute Gasteiger partial charge is 0.355 e. The van der Waals surface area contributed by atoms with Gasteiger partial charge in [0.15, 0.2) is 0 Å². The molecule has 1 amide bonds. The van der Waals surface area contributed by atoms with Crippen molar-refractivity contribution in [3.63, 3.8) is 0 Å². The Hall–Kier alpha value is -1.35. The molecule has 1 N–H and O–H groups in total. The van der Waals surface area contributed by atoms with Crippen molar-refractivity contribution in [1.82, 2.24) is 10.2 Å². The van der Waals surface area contributed by atoms with Gasteiger partial charge in [0.25, 0.3) is 0 Å². The molecule has 2 aliphatic rings. The van der Waals surface area contributed by atoms with Gasteiger partial charge in [-0.15, -0.1) is 0 Å². The first-order valence-electron chi connectivity index (χ1n) is 8.12. The molecule has 2 saturated heterocycles. The first-order valence-corrected chi connectivity index (χ1v) is 8.12. The van der Waals surface area contributed by atoms with Gasteiger partial charge in [-0.3, -0.25) is 4.79 Å². The quantitative estimate of drug-likeness (QED) is 0.906. The SMILES string of the molecule is Cc1ccc(C2CNC(=O)C23CCN(C(C)C)CC3)cc1. The van der Waals surface area contributed by atoms with E-state index < -0.39 is 0 Å². The first-order chi connectivity index (χ1) is 10.0. The molecule has 0 saturated carbocycles. The van der Waals surface area contributed by atoms with Crippen LogP contribution in [0.3, 0.4) is 0 Å². The molecule has 0 aliphatic carbocycles. The van der Waals surface area contributed by atoms with Crippen LogP contribution in [0.25, 0.3) is 0 Å². The van der Waals surface area contributed by atoms with Gasteiger partial charge in [-0.05, 0) is 52.3 Å². The molecule has 1 aromatic carbocycles. The van der Waals surface area contributed by atoms with Crippen LogP contribution >= 0.6 is 0 Å². The average molecular weight is 286 g/mol. The van der Waals surface area contributed by atoms with Crippen molar-refractivity contribution in [3.8, 4) is 0 Å². The fraction of sp³-hybridized carbons (Fsp3) is 0.611. The van der Waals surface area contributed by atoms with Crippen molar-refractivity contribution in [2.75, 3.05) is 19.6 Å². The third kappa shape index (κ3) is 2.48. The molecule has 21 heavy (non-hydrogen) atoms. The maximum absolute atomic E-state index is 12.5. The van der Waals surface area contributed by atoms with Gasteiger partial charge in [-0.25, -0.2) is 0 Å². The number of hydrogen-bond acceptors (Lipinski definition) is 2. The average Bonchev–Trinajstić information content (AvgIpc) is 2.78. The molecule has 3 rings (SSSR count). The van der Waals surface area contributed by atoms with Crippen LogP contribution in [0.1, 0.15) is 43.7 Å². The smallest absolute Gasteiger partial charge is 0.227 e. The summed E-state index contributed by atoms with van der Waals surface area (Å²) in [5, 5.41) is 3.13. The van der Waals surface area contributed by atoms with Gasteiger partial charge in [0, 0.05) is 18.5 Å². The van der Waals surface area contributed by atoms with Gasteiger partial charge >= 0.3 is 0 Å². The molecule has 114 valence electrons. The molecule has 2 aliphatic heterocycles. The van der Waals surface area contributed by atoms with E-state index in [2.05, 4.69) is 55.3 Å². The minimum absolute atomic E-state index is 0.180. The minimum Gasteiger partial charge on any atom is -0.355 e. The number of hydrogen-bond donors (Lipinski definition) is 1. The number of nitrogens with zero attached hydrogens (tertiary/aromatic N) is 1. The van der Waals surface area contributed by atoms with Crippen LogP contribution in [-0.2, 0) is 4.79 Å². The summed E-state index contributed by atoms with van der Waals surface area (Å²) < 4.78 is 0. The van der Waals surface area contributed by atoms with E-state index >= 15 is 0 Å². The molecule has 3 heteroatoms. The predicted molar refractivity (Wildman–Crippen MR) is 85.3 cm³/mol. The summed E-state index contributed by atoms with van der Waals surface area (Å²) in [6.45, 7) is 9.46.